The fourth-order valence-corrected chi connectivity index (χ4v) is 4.86. The number of thioether (sulfide) groups is 1. The molecule has 11 heteroatoms. The first kappa shape index (κ1) is 24.3. The zero-order chi connectivity index (χ0) is 23.3. The van der Waals surface area contributed by atoms with E-state index in [1.807, 2.05) is 0 Å². The Morgan fingerprint density at radius 2 is 2.19 bits per heavy atom. The van der Waals surface area contributed by atoms with Crippen molar-refractivity contribution in [3.05, 3.63) is 34.5 Å². The number of phenolic OH excluding ortho intramolecular Hbond substituents is 1. The number of aryl methyl sites for hydroxylation is 1. The number of ether oxygens (including phenoxy) is 2. The van der Waals surface area contributed by atoms with Crippen LogP contribution in [0.2, 0.25) is 0 Å². The minimum Gasteiger partial charge on any atom is -0.507 e. The van der Waals surface area contributed by atoms with E-state index in [1.54, 1.807) is 13.8 Å². The van der Waals surface area contributed by atoms with Crippen molar-refractivity contribution in [2.75, 3.05) is 19.5 Å². The monoisotopic (exact) mass is 481 g/mol. The van der Waals surface area contributed by atoms with Crippen LogP contribution >= 0.6 is 24.0 Å². The van der Waals surface area contributed by atoms with Crippen molar-refractivity contribution in [3.63, 3.8) is 0 Å². The summed E-state index contributed by atoms with van der Waals surface area (Å²) in [6.45, 7) is 3.17. The van der Waals surface area contributed by atoms with Crippen LogP contribution in [0.25, 0.3) is 0 Å². The molecule has 2 atom stereocenters. The molecule has 0 amide bonds. The summed E-state index contributed by atoms with van der Waals surface area (Å²) in [5.74, 6) is 1.50. The van der Waals surface area contributed by atoms with E-state index in [4.69, 9.17) is 26.2 Å². The van der Waals surface area contributed by atoms with Crippen LogP contribution in [0.4, 0.5) is 0 Å². The summed E-state index contributed by atoms with van der Waals surface area (Å²) in [6, 6.07) is 1.17. The van der Waals surface area contributed by atoms with E-state index in [9.17, 15) is 15.0 Å². The van der Waals surface area contributed by atoms with Crippen molar-refractivity contribution in [2.24, 2.45) is 0 Å². The number of benzene rings is 1. The van der Waals surface area contributed by atoms with Gasteiger partial charge in [-0.15, -0.1) is 0 Å². The van der Waals surface area contributed by atoms with Gasteiger partial charge in [-0.1, -0.05) is 17.4 Å². The minimum absolute atomic E-state index is 0.0618. The van der Waals surface area contributed by atoms with Gasteiger partial charge in [-0.3, -0.25) is 0 Å². The summed E-state index contributed by atoms with van der Waals surface area (Å²) in [4.78, 5) is 18.0. The van der Waals surface area contributed by atoms with E-state index < -0.39 is 12.1 Å². The molecule has 174 valence electrons. The Morgan fingerprint density at radius 3 is 2.84 bits per heavy atom. The van der Waals surface area contributed by atoms with E-state index in [0.717, 1.165) is 0 Å². The number of carbonyl (C=O) groups excluding carboxylic acids is 1. The van der Waals surface area contributed by atoms with Crippen molar-refractivity contribution < 1.29 is 29.0 Å². The number of fused-ring (bicyclic) bond motifs is 1. The van der Waals surface area contributed by atoms with E-state index in [-0.39, 0.29) is 24.0 Å². The first-order chi connectivity index (χ1) is 15.3. The van der Waals surface area contributed by atoms with Crippen LogP contribution in [-0.4, -0.2) is 56.9 Å². The molecule has 2 heterocycles. The molecule has 0 saturated heterocycles. The Bertz CT molecular complexity index is 981. The minimum atomic E-state index is -0.684. The number of hydrogen-bond acceptors (Lipinski definition) is 10. The molecule has 0 unspecified atom stereocenters. The maximum absolute atomic E-state index is 13.1. The Morgan fingerprint density at radius 1 is 1.41 bits per heavy atom. The molecule has 3 N–H and O–H groups in total. The summed E-state index contributed by atoms with van der Waals surface area (Å²) in [5, 5.41) is 27.5. The van der Waals surface area contributed by atoms with E-state index >= 15 is 0 Å². The molecule has 1 aromatic heterocycles. The number of aromatic nitrogens is 2. The summed E-state index contributed by atoms with van der Waals surface area (Å²) >= 11 is 6.95. The lowest BCUT2D eigenvalue weighted by molar-refractivity contribution is 0.0108. The molecule has 9 nitrogen and oxygen atoms in total. The Hall–Kier alpha value is -2.37. The standard InChI is InChI=1S/C21H27N3O6S2/c1-11-17(28-3)7-16(26)14-9-32-10-15(20-22-12(2)24-30-20)23-18(31)6-4-5-13(8-25)29-21(27)19(11)14/h7,13,15,25-26H,4-6,8-10H2,1-3H3,(H,23,31)/t13-,15-/m0/s1. The van der Waals surface area contributed by atoms with Crippen LogP contribution in [0.3, 0.4) is 0 Å². The Balaban J connectivity index is 1.96. The van der Waals surface area contributed by atoms with E-state index in [2.05, 4.69) is 15.5 Å². The molecular formula is C21H27N3O6S2. The van der Waals surface area contributed by atoms with Gasteiger partial charge in [0.1, 0.15) is 23.6 Å². The normalized spacial score (nSPS) is 20.6. The van der Waals surface area contributed by atoms with Gasteiger partial charge < -0.3 is 29.5 Å². The average molecular weight is 482 g/mol. The molecule has 1 aliphatic rings. The van der Waals surface area contributed by atoms with Crippen molar-refractivity contribution in [2.45, 2.75) is 51.0 Å². The highest BCUT2D eigenvalue weighted by atomic mass is 32.2. The maximum atomic E-state index is 13.1. The number of aromatic hydroxyl groups is 1. The van der Waals surface area contributed by atoms with Crippen LogP contribution in [0, 0.1) is 13.8 Å². The number of phenols is 1. The van der Waals surface area contributed by atoms with E-state index in [1.165, 1.54) is 24.9 Å². The fourth-order valence-electron chi connectivity index (χ4n) is 3.49. The van der Waals surface area contributed by atoms with Gasteiger partial charge in [-0.05, 0) is 33.1 Å². The average Bonchev–Trinajstić information content (AvgIpc) is 3.19. The highest BCUT2D eigenvalue weighted by molar-refractivity contribution is 7.98. The van der Waals surface area contributed by atoms with Gasteiger partial charge in [0.2, 0.25) is 5.89 Å². The van der Waals surface area contributed by atoms with Gasteiger partial charge in [-0.2, -0.15) is 16.7 Å². The summed E-state index contributed by atoms with van der Waals surface area (Å²) in [7, 11) is 1.47. The number of nitrogens with zero attached hydrogens (tertiary/aromatic N) is 2. The first-order valence-electron chi connectivity index (χ1n) is 10.2. The van der Waals surface area contributed by atoms with Crippen LogP contribution in [-0.2, 0) is 10.5 Å². The van der Waals surface area contributed by atoms with E-state index in [0.29, 0.717) is 64.3 Å². The summed E-state index contributed by atoms with van der Waals surface area (Å²) < 4.78 is 16.2. The zero-order valence-corrected chi connectivity index (χ0v) is 19.8. The number of esters is 1. The van der Waals surface area contributed by atoms with Crippen LogP contribution in [0.1, 0.15) is 58.5 Å². The van der Waals surface area contributed by atoms with Crippen molar-refractivity contribution in [1.82, 2.24) is 15.5 Å². The molecule has 1 aromatic carbocycles. The highest BCUT2D eigenvalue weighted by Crippen LogP contribution is 2.36. The van der Waals surface area contributed by atoms with Crippen molar-refractivity contribution >= 4 is 34.9 Å². The number of hydrogen-bond donors (Lipinski definition) is 3. The number of rotatable bonds is 3. The molecule has 0 bridgehead atoms. The molecule has 0 radical (unpaired) electrons. The topological polar surface area (TPSA) is 127 Å². The molecule has 0 fully saturated rings. The van der Waals surface area contributed by atoms with Crippen molar-refractivity contribution in [3.8, 4) is 11.5 Å². The fraction of sp³-hybridized carbons (Fsp3) is 0.524. The SMILES string of the molecule is COc1cc(O)c2c(c1C)C(=O)O[C@H](CO)CCCC(=S)N[C@H](c1nc(C)no1)CSC2. The number of aliphatic hydroxyl groups is 1. The second kappa shape index (κ2) is 11.0. The van der Waals surface area contributed by atoms with Gasteiger partial charge >= 0.3 is 5.97 Å². The highest BCUT2D eigenvalue weighted by Gasteiger charge is 2.27. The molecule has 32 heavy (non-hydrogen) atoms. The number of cyclic esters (lactones) is 1. The lowest BCUT2D eigenvalue weighted by Gasteiger charge is -2.22. The third-order valence-corrected chi connectivity index (χ3v) is 6.55. The van der Waals surface area contributed by atoms with Gasteiger partial charge in [-0.25, -0.2) is 4.79 Å². The molecule has 1 aliphatic heterocycles. The second-order valence-electron chi connectivity index (χ2n) is 7.49. The number of methoxy groups -OCH3 is 1. The molecule has 3 rings (SSSR count). The first-order valence-corrected chi connectivity index (χ1v) is 11.8. The smallest absolute Gasteiger partial charge is 0.339 e. The molecule has 0 spiro atoms. The number of carbonyl (C=O) groups is 1. The molecule has 0 saturated carbocycles. The number of thiocarbonyl (C=S) groups is 1. The number of aliphatic hydroxyl groups excluding tert-OH is 1. The Labute approximate surface area is 195 Å². The lowest BCUT2D eigenvalue weighted by atomic mass is 10.0. The molecule has 2 aromatic rings. The van der Waals surface area contributed by atoms with Gasteiger partial charge in [0, 0.05) is 28.7 Å². The third kappa shape index (κ3) is 5.70. The third-order valence-electron chi connectivity index (χ3n) is 5.16. The van der Waals surface area contributed by atoms with Crippen LogP contribution in [0.15, 0.2) is 10.6 Å². The zero-order valence-electron chi connectivity index (χ0n) is 18.2. The second-order valence-corrected chi connectivity index (χ2v) is 9.02. The predicted octanol–water partition coefficient (Wildman–Crippen LogP) is 2.99. The maximum Gasteiger partial charge on any atom is 0.339 e. The van der Waals surface area contributed by atoms with Gasteiger partial charge in [0.25, 0.3) is 0 Å². The van der Waals surface area contributed by atoms with Crippen LogP contribution in [0.5, 0.6) is 11.5 Å². The Kier molecular flexibility index (Phi) is 8.32. The summed E-state index contributed by atoms with van der Waals surface area (Å²) in [5.41, 5.74) is 1.26. The van der Waals surface area contributed by atoms with Gasteiger partial charge in [0.15, 0.2) is 5.82 Å². The quantitative estimate of drug-likeness (QED) is 0.442. The summed E-state index contributed by atoms with van der Waals surface area (Å²) in [6.07, 6.45) is 0.924. The van der Waals surface area contributed by atoms with Crippen LogP contribution < -0.4 is 10.1 Å². The molecule has 0 aliphatic carbocycles. The molecular weight excluding hydrogens is 454 g/mol. The predicted molar refractivity (Wildman–Crippen MR) is 123 cm³/mol. The number of nitrogens with one attached hydrogen (secondary N) is 1. The van der Waals surface area contributed by atoms with Gasteiger partial charge in [0.05, 0.1) is 24.3 Å². The largest absolute Gasteiger partial charge is 0.507 e. The lowest BCUT2D eigenvalue weighted by Crippen LogP contribution is -2.30. The van der Waals surface area contributed by atoms with Crippen molar-refractivity contribution in [1.29, 1.82) is 0 Å².